The molecule has 2 heterocycles. The van der Waals surface area contributed by atoms with E-state index in [9.17, 15) is 43.5 Å². The molecule has 37 heteroatoms. The van der Waals surface area contributed by atoms with E-state index >= 15 is 0 Å². The van der Waals surface area contributed by atoms with Gasteiger partial charge < -0.3 is 78.7 Å². The Kier molecular flexibility index (Phi) is 55.9. The van der Waals surface area contributed by atoms with E-state index in [0.29, 0.717) is 86.0 Å². The van der Waals surface area contributed by atoms with Gasteiger partial charge in [-0.05, 0) is 172 Å². The fourth-order valence-electron chi connectivity index (χ4n) is 12.4. The van der Waals surface area contributed by atoms with E-state index in [1.807, 2.05) is 98.8 Å². The number of alkyl halides is 1. The van der Waals surface area contributed by atoms with Gasteiger partial charge in [0.25, 0.3) is 0 Å². The van der Waals surface area contributed by atoms with Crippen LogP contribution in [0.2, 0.25) is 0 Å². The second kappa shape index (κ2) is 65.0. The van der Waals surface area contributed by atoms with Crippen molar-refractivity contribution in [3.8, 4) is 22.3 Å². The maximum Gasteiger partial charge on any atom is 0.416 e. The van der Waals surface area contributed by atoms with Crippen LogP contribution in [0.3, 0.4) is 0 Å². The van der Waals surface area contributed by atoms with Gasteiger partial charge in [0.05, 0.1) is 146 Å². The van der Waals surface area contributed by atoms with Crippen molar-refractivity contribution in [1.82, 2.24) is 26.8 Å². The standard InChI is InChI=1S/C47H60N6O10.C26H42N6O9.C20H17ClO2.CH4.BH2.H3N.U/c1-34-19-20-49-43(30-34)53(46(57)63-47(2,3)4)22-9-14-44(55)51-41(33-62-29-28-61-27-26-60-25-24-59-23-21-50-52-48)42(54)31-38(32-45(56)58-5)35-15-17-37(18-16-35)40-13-8-11-36-10-6-7-12-39(36)40;1-20-7-8-28-22(18-20)32(25(36)41-26(2,3)4)10-5-6-23(33)30-21(24(34)35)19-40-17-16-39-15-14-38-13-12-37-11-9-29-31-27;1-23-20(22)13-19(21)16-11-9-15(10-12-16)18-8-4-6-14-5-2-3-7-17(14)18;;;;/h6-8,10-13,15-20,30,38,41H,9,14,21-29,31-33H2,1-5H3,(H,51,55);7-8,18,21H,5-6,9-17,19H2,1-4H3,(H,30,33)(H,34,35);2-12,19H,13H2,1H3;1H4;1H2;1H3;/t38-,41+;21-;19-;;;;/m101..../s1/i;;;;1T2;;. The molecule has 0 fully saturated rings. The minimum absolute atomic E-state index is 0. The Morgan fingerprint density at radius 2 is 0.863 bits per heavy atom. The number of esters is 2. The first-order chi connectivity index (χ1) is 62.5. The number of nitrogens with one attached hydrogen (secondary N) is 2. The number of pyridine rings is 2. The summed E-state index contributed by atoms with van der Waals surface area (Å²) in [5.41, 5.74) is 22.9. The monoisotopic (exact) mass is 2060 g/mol. The van der Waals surface area contributed by atoms with Crippen molar-refractivity contribution in [2.24, 2.45) is 10.2 Å². The van der Waals surface area contributed by atoms with Crippen molar-refractivity contribution in [1.29, 1.82) is 2.67 Å². The molecule has 0 aliphatic heterocycles. The number of ketones is 1. The van der Waals surface area contributed by atoms with Crippen LogP contribution in [0.1, 0.15) is 127 Å². The van der Waals surface area contributed by atoms with Crippen LogP contribution < -0.4 is 26.6 Å². The van der Waals surface area contributed by atoms with Crippen LogP contribution >= 0.6 is 11.6 Å². The molecule has 0 saturated heterocycles. The quantitative estimate of drug-likeness (QED) is 0.00402. The summed E-state index contributed by atoms with van der Waals surface area (Å²) >= 11 is 6.27. The number of carboxylic acids is 1. The molecule has 8 rings (SSSR count). The van der Waals surface area contributed by atoms with E-state index in [1.54, 1.807) is 72.1 Å². The molecule has 6 N–H and O–H groups in total. The number of azide groups is 2. The van der Waals surface area contributed by atoms with E-state index in [0.717, 1.165) is 49.7 Å². The van der Waals surface area contributed by atoms with Crippen molar-refractivity contribution in [3.63, 3.8) is 0 Å². The fourth-order valence-corrected chi connectivity index (χ4v) is 12.7. The number of aryl methyl sites for hydroxylation is 2. The number of carbonyl (C=O) groups is 8. The van der Waals surface area contributed by atoms with Gasteiger partial charge in [0, 0.05) is 105 Å². The van der Waals surface area contributed by atoms with Gasteiger partial charge in [-0.15, -0.1) is 11.6 Å². The van der Waals surface area contributed by atoms with Crippen molar-refractivity contribution in [2.45, 2.75) is 142 Å². The average molecular weight is 2060 g/mol. The van der Waals surface area contributed by atoms with Gasteiger partial charge in [0.2, 0.25) is 11.8 Å². The molecular weight excluding hydrogens is 1930 g/mol. The summed E-state index contributed by atoms with van der Waals surface area (Å²) in [7, 11) is 3.18. The molecule has 0 unspecified atom stereocenters. The first-order valence-corrected chi connectivity index (χ1v) is 42.3. The Balaban J connectivity index is 0.000000729. The smallest absolute Gasteiger partial charge is 0.416 e. The zero-order valence-electron chi connectivity index (χ0n) is 77.8. The number of aromatic nitrogens is 2. The summed E-state index contributed by atoms with van der Waals surface area (Å²) in [5.74, 6) is -2.99. The number of anilines is 2. The van der Waals surface area contributed by atoms with Crippen LogP contribution in [0, 0.1) is 45.0 Å². The van der Waals surface area contributed by atoms with E-state index in [-0.39, 0.29) is 173 Å². The molecule has 0 saturated carbocycles. The summed E-state index contributed by atoms with van der Waals surface area (Å²) < 4.78 is 75.8. The molecular formula is C94H128BClN13O21U. The number of rotatable bonds is 52. The average Bonchev–Trinajstić information content (AvgIpc) is 0.804. The number of carbonyl (C=O) groups excluding carboxylic acids is 7. The Morgan fingerprint density at radius 1 is 0.504 bits per heavy atom. The number of hydrogen-bond acceptors (Lipinski definition) is 25. The summed E-state index contributed by atoms with van der Waals surface area (Å²) in [6.07, 6.45) is 2.52. The first kappa shape index (κ1) is 113. The zero-order chi connectivity index (χ0) is 94.9. The van der Waals surface area contributed by atoms with Gasteiger partial charge in [-0.2, -0.15) is 0 Å². The van der Waals surface area contributed by atoms with Gasteiger partial charge in [0.15, 0.2) is 11.8 Å². The molecule has 0 spiro atoms. The minimum Gasteiger partial charge on any atom is -0.480 e. The van der Waals surface area contributed by atoms with Crippen LogP contribution in [-0.4, -0.2) is 243 Å². The summed E-state index contributed by atoms with van der Waals surface area (Å²) in [6.45, 7) is 18.9. The number of ether oxygens (including phenoxy) is 12. The summed E-state index contributed by atoms with van der Waals surface area (Å²) in [4.78, 5) is 118. The second-order valence-corrected chi connectivity index (χ2v) is 31.4. The molecule has 4 amide bonds. The van der Waals surface area contributed by atoms with Crippen molar-refractivity contribution < 1.29 is 131 Å². The predicted octanol–water partition coefficient (Wildman–Crippen LogP) is 16.0. The molecule has 0 bridgehead atoms. The van der Waals surface area contributed by atoms with Crippen LogP contribution in [0.25, 0.3) is 64.7 Å². The zero-order valence-corrected chi connectivity index (χ0v) is 80.7. The van der Waals surface area contributed by atoms with Gasteiger partial charge in [-0.1, -0.05) is 151 Å². The molecule has 2 aromatic heterocycles. The predicted molar refractivity (Wildman–Crippen MR) is 503 cm³/mol. The van der Waals surface area contributed by atoms with Gasteiger partial charge in [0.1, 0.15) is 28.9 Å². The van der Waals surface area contributed by atoms with Crippen LogP contribution in [-0.2, 0) is 85.6 Å². The Morgan fingerprint density at radius 3 is 1.24 bits per heavy atom. The number of hydrogen-bond donors (Lipinski definition) is 4. The molecule has 8 aromatic rings. The number of halogens is 1. The number of nitrogens with zero attached hydrogens (tertiary/aromatic N) is 10. The van der Waals surface area contributed by atoms with E-state index < -0.39 is 65.1 Å². The Labute approximate surface area is 800 Å². The molecule has 6 aromatic carbocycles. The van der Waals surface area contributed by atoms with Gasteiger partial charge >= 0.3 is 30.1 Å². The number of fused-ring (bicyclic) bond motifs is 2. The third-order valence-electron chi connectivity index (χ3n) is 18.6. The van der Waals surface area contributed by atoms with E-state index in [1.165, 1.54) is 40.4 Å². The van der Waals surface area contributed by atoms with Crippen molar-refractivity contribution >= 4 is 101 Å². The van der Waals surface area contributed by atoms with Crippen LogP contribution in [0.15, 0.2) is 180 Å². The van der Waals surface area contributed by atoms with Gasteiger partial charge in [-0.25, -0.2) is 24.4 Å². The number of carboxylic acid groups (broad SMARTS) is 1. The number of benzene rings is 6. The number of Topliss-reactive ketones (excluding diaryl/α,β-unsaturated/α-hetero) is 1. The Hall–Kier alpha value is -10.6. The topological polar surface area (TPSA) is 456 Å². The van der Waals surface area contributed by atoms with Crippen molar-refractivity contribution in [3.05, 3.63) is 213 Å². The number of aliphatic carboxylic acids is 1. The third kappa shape index (κ3) is 45.9. The minimum atomic E-state index is -1.23. The van der Waals surface area contributed by atoms with Gasteiger partial charge in [-0.3, -0.25) is 33.8 Å². The third-order valence-corrected chi connectivity index (χ3v) is 19.0. The molecule has 0 aliphatic carbocycles. The number of methoxy groups -OCH3 is 2. The maximum atomic E-state index is 14.1. The number of amides is 4. The van der Waals surface area contributed by atoms with Crippen LogP contribution in [0.5, 0.6) is 0 Å². The summed E-state index contributed by atoms with van der Waals surface area (Å²) in [5, 5.41) is 25.8. The molecule has 131 heavy (non-hydrogen) atoms. The first-order valence-electron chi connectivity index (χ1n) is 43.0. The van der Waals surface area contributed by atoms with E-state index in [4.69, 9.17) is 77.4 Å². The summed E-state index contributed by atoms with van der Waals surface area (Å²) in [6, 6.07) is 49.6. The maximum absolute atomic E-state index is 14.1. The van der Waals surface area contributed by atoms with Crippen molar-refractivity contribution in [2.75, 3.05) is 156 Å². The molecule has 709 valence electrons. The van der Waals surface area contributed by atoms with E-state index in [2.05, 4.69) is 100.0 Å². The molecule has 4 atom stereocenters. The molecule has 0 aliphatic rings. The second-order valence-electron chi connectivity index (χ2n) is 30.9. The SMILES string of the molecule is C.COC(=O)C[C@@H](CC(=O)[C@H](COCCOCCOCCOCCN=[N+]=[N-])NC(=O)CCCN(C(=O)OC(C)(C)C)c1cc(C)ccn1)c1ccc(-c2cccc3ccccc23)cc1.COC(=O)C[C@@H](Cl)c1ccc(-c2cccc3ccccc23)cc1.Cc1ccnc(N(CCCC(=O)N[C@@H](COCCOCCOCCOCCN=[N+]=[N-])C(=O)O)C(=O)OC(C)(C)C)c1.N.[3H][B][3H].[U]. The molecule has 34 nitrogen and oxygen atoms in total. The fraction of sp³-hybridized carbons (Fsp3) is 0.468. The molecule has 1 radical (unpaired) electrons. The largest absolute Gasteiger partial charge is 0.480 e. The van der Waals surface area contributed by atoms with Crippen LogP contribution in [0.4, 0.5) is 21.2 Å². The normalized spacial score (nSPS) is 11.8. The Bertz CT molecular complexity index is 4880.